The summed E-state index contributed by atoms with van der Waals surface area (Å²) in [6.45, 7) is 6.31. The van der Waals surface area contributed by atoms with Gasteiger partial charge in [0.15, 0.2) is 5.82 Å². The largest absolute Gasteiger partial charge is 0.338 e. The number of sulfonamides is 1. The van der Waals surface area contributed by atoms with Gasteiger partial charge >= 0.3 is 0 Å². The van der Waals surface area contributed by atoms with E-state index >= 15 is 0 Å². The molecule has 1 atom stereocenters. The second-order valence-electron chi connectivity index (χ2n) is 7.02. The van der Waals surface area contributed by atoms with E-state index in [0.29, 0.717) is 32.1 Å². The second-order valence-corrected chi connectivity index (χ2v) is 8.84. The summed E-state index contributed by atoms with van der Waals surface area (Å²) < 4.78 is 32.1. The van der Waals surface area contributed by atoms with Gasteiger partial charge in [-0.3, -0.25) is 4.90 Å². The summed E-state index contributed by atoms with van der Waals surface area (Å²) in [4.78, 5) is 6.68. The summed E-state index contributed by atoms with van der Waals surface area (Å²) in [6, 6.07) is 9.42. The number of hydrogen-bond acceptors (Lipinski definition) is 6. The van der Waals surface area contributed by atoms with Crippen LogP contribution in [0.4, 0.5) is 0 Å². The molecule has 1 unspecified atom stereocenters. The smallest absolute Gasteiger partial charge is 0.243 e. The Hall–Kier alpha value is -2.03. The molecule has 0 N–H and O–H groups in total. The van der Waals surface area contributed by atoms with Crippen LogP contribution in [0.1, 0.15) is 50.0 Å². The monoisotopic (exact) mass is 404 g/mol. The molecule has 0 bridgehead atoms. The molecule has 0 radical (unpaired) electrons. The second kappa shape index (κ2) is 9.45. The van der Waals surface area contributed by atoms with Gasteiger partial charge in [0.2, 0.25) is 15.9 Å². The van der Waals surface area contributed by atoms with Crippen molar-refractivity contribution in [3.63, 3.8) is 0 Å². The van der Waals surface area contributed by atoms with E-state index < -0.39 is 10.0 Å². The van der Waals surface area contributed by atoms with Gasteiger partial charge in [0, 0.05) is 38.0 Å². The van der Waals surface area contributed by atoms with Gasteiger partial charge in [0.05, 0.1) is 6.04 Å². The Bertz CT molecular complexity index is 872. The molecule has 1 fully saturated rings. The molecular weight excluding hydrogens is 376 g/mol. The predicted octanol–water partition coefficient (Wildman–Crippen LogP) is 3.09. The van der Waals surface area contributed by atoms with Crippen LogP contribution in [0.15, 0.2) is 40.3 Å². The minimum atomic E-state index is -3.43. The molecule has 1 aliphatic heterocycles. The maximum Gasteiger partial charge on any atom is 0.243 e. The minimum Gasteiger partial charge on any atom is -0.338 e. The Kier molecular flexibility index (Phi) is 6.98. The van der Waals surface area contributed by atoms with Crippen molar-refractivity contribution < 1.29 is 12.9 Å². The van der Waals surface area contributed by atoms with Gasteiger partial charge in [0.1, 0.15) is 0 Å². The Morgan fingerprint density at radius 2 is 1.89 bits per heavy atom. The first-order valence-corrected chi connectivity index (χ1v) is 11.3. The van der Waals surface area contributed by atoms with E-state index in [1.165, 1.54) is 9.71 Å². The Balaban J connectivity index is 1.56. The van der Waals surface area contributed by atoms with Crippen molar-refractivity contribution >= 4 is 16.1 Å². The quantitative estimate of drug-likeness (QED) is 0.673. The zero-order valence-electron chi connectivity index (χ0n) is 16.5. The third-order valence-corrected chi connectivity index (χ3v) is 6.57. The van der Waals surface area contributed by atoms with Gasteiger partial charge < -0.3 is 4.52 Å². The standard InChI is InChI=1S/C20H28N4O3S/c1-3-4-10-19-21-20(27-22-19)17(2)23-12-14-24(15-13-23)28(25,26)16-11-18-8-6-5-7-9-18/h5-9,11,16-17H,3-4,10,12-15H2,1-2H3/b16-11+. The highest BCUT2D eigenvalue weighted by Crippen LogP contribution is 2.22. The van der Waals surface area contributed by atoms with Gasteiger partial charge in [-0.25, -0.2) is 8.42 Å². The first-order chi connectivity index (χ1) is 13.5. The molecule has 152 valence electrons. The summed E-state index contributed by atoms with van der Waals surface area (Å²) in [5, 5.41) is 5.34. The SMILES string of the molecule is CCCCc1noc(C(C)N2CCN(S(=O)(=O)/C=C/c3ccccc3)CC2)n1. The van der Waals surface area contributed by atoms with Crippen LogP contribution in [0.25, 0.3) is 6.08 Å². The lowest BCUT2D eigenvalue weighted by Gasteiger charge is -2.35. The fourth-order valence-corrected chi connectivity index (χ4v) is 4.36. The van der Waals surface area contributed by atoms with Crippen LogP contribution in [-0.2, 0) is 16.4 Å². The predicted molar refractivity (Wildman–Crippen MR) is 109 cm³/mol. The fourth-order valence-electron chi connectivity index (χ4n) is 3.19. The van der Waals surface area contributed by atoms with Gasteiger partial charge in [0.25, 0.3) is 0 Å². The Morgan fingerprint density at radius 3 is 2.57 bits per heavy atom. The van der Waals surface area contributed by atoms with Crippen LogP contribution in [0.5, 0.6) is 0 Å². The van der Waals surface area contributed by atoms with E-state index in [4.69, 9.17) is 4.52 Å². The highest BCUT2D eigenvalue weighted by Gasteiger charge is 2.29. The maximum absolute atomic E-state index is 12.6. The molecule has 1 aromatic carbocycles. The van der Waals surface area contributed by atoms with E-state index in [1.54, 1.807) is 6.08 Å². The highest BCUT2D eigenvalue weighted by molar-refractivity contribution is 7.92. The van der Waals surface area contributed by atoms with E-state index in [2.05, 4.69) is 22.0 Å². The fraction of sp³-hybridized carbons (Fsp3) is 0.500. The van der Waals surface area contributed by atoms with Crippen molar-refractivity contribution in [3.8, 4) is 0 Å². The number of aryl methyl sites for hydroxylation is 1. The van der Waals surface area contributed by atoms with E-state index in [0.717, 1.165) is 30.7 Å². The number of unbranched alkanes of at least 4 members (excludes halogenated alkanes) is 1. The first kappa shape index (κ1) is 20.7. The van der Waals surface area contributed by atoms with Crippen molar-refractivity contribution in [1.82, 2.24) is 19.3 Å². The average molecular weight is 405 g/mol. The zero-order chi connectivity index (χ0) is 20.0. The summed E-state index contributed by atoms with van der Waals surface area (Å²) >= 11 is 0. The molecule has 0 spiro atoms. The topological polar surface area (TPSA) is 79.5 Å². The number of rotatable bonds is 8. The van der Waals surface area contributed by atoms with Gasteiger partial charge in [-0.2, -0.15) is 9.29 Å². The van der Waals surface area contributed by atoms with Crippen molar-refractivity contribution in [2.24, 2.45) is 0 Å². The first-order valence-electron chi connectivity index (χ1n) is 9.79. The molecule has 1 aromatic heterocycles. The summed E-state index contributed by atoms with van der Waals surface area (Å²) in [5.41, 5.74) is 0.869. The average Bonchev–Trinajstić information content (AvgIpc) is 3.20. The molecule has 7 nitrogen and oxygen atoms in total. The van der Waals surface area contributed by atoms with Crippen LogP contribution in [0, 0.1) is 0 Å². The Labute approximate surface area is 167 Å². The molecular formula is C20H28N4O3S. The molecule has 1 saturated heterocycles. The number of hydrogen-bond donors (Lipinski definition) is 0. The summed E-state index contributed by atoms with van der Waals surface area (Å²) in [6.07, 6.45) is 4.60. The lowest BCUT2D eigenvalue weighted by Crippen LogP contribution is -2.48. The lowest BCUT2D eigenvalue weighted by atomic mass is 10.2. The number of nitrogens with zero attached hydrogens (tertiary/aromatic N) is 4. The third-order valence-electron chi connectivity index (χ3n) is 5.01. The number of piperazine rings is 1. The highest BCUT2D eigenvalue weighted by atomic mass is 32.2. The van der Waals surface area contributed by atoms with Gasteiger partial charge in [-0.1, -0.05) is 48.8 Å². The zero-order valence-corrected chi connectivity index (χ0v) is 17.3. The minimum absolute atomic E-state index is 0.0207. The lowest BCUT2D eigenvalue weighted by molar-refractivity contribution is 0.124. The molecule has 0 saturated carbocycles. The van der Waals surface area contributed by atoms with Crippen LogP contribution in [0.2, 0.25) is 0 Å². The molecule has 8 heteroatoms. The normalized spacial score (nSPS) is 17.9. The maximum atomic E-state index is 12.6. The number of aromatic nitrogens is 2. The van der Waals surface area contributed by atoms with Crippen molar-refractivity contribution in [3.05, 3.63) is 53.0 Å². The number of benzene rings is 1. The molecule has 0 aliphatic carbocycles. The Morgan fingerprint density at radius 1 is 1.18 bits per heavy atom. The molecule has 2 heterocycles. The summed E-state index contributed by atoms with van der Waals surface area (Å²) in [7, 11) is -3.43. The molecule has 3 rings (SSSR count). The van der Waals surface area contributed by atoms with Crippen molar-refractivity contribution in [2.75, 3.05) is 26.2 Å². The van der Waals surface area contributed by atoms with Crippen LogP contribution >= 0.6 is 0 Å². The van der Waals surface area contributed by atoms with Gasteiger partial charge in [-0.05, 0) is 25.0 Å². The van der Waals surface area contributed by atoms with Crippen LogP contribution < -0.4 is 0 Å². The molecule has 1 aliphatic rings. The molecule has 28 heavy (non-hydrogen) atoms. The van der Waals surface area contributed by atoms with E-state index in [9.17, 15) is 8.42 Å². The van der Waals surface area contributed by atoms with Crippen molar-refractivity contribution in [1.29, 1.82) is 0 Å². The molecule has 0 amide bonds. The van der Waals surface area contributed by atoms with E-state index in [1.807, 2.05) is 37.3 Å². The van der Waals surface area contributed by atoms with Gasteiger partial charge in [-0.15, -0.1) is 0 Å². The third kappa shape index (κ3) is 5.27. The van der Waals surface area contributed by atoms with Crippen LogP contribution in [-0.4, -0.2) is 53.9 Å². The van der Waals surface area contributed by atoms with Crippen molar-refractivity contribution in [2.45, 2.75) is 39.2 Å². The van der Waals surface area contributed by atoms with Crippen LogP contribution in [0.3, 0.4) is 0 Å². The van der Waals surface area contributed by atoms with E-state index in [-0.39, 0.29) is 6.04 Å². The summed E-state index contributed by atoms with van der Waals surface area (Å²) in [5.74, 6) is 1.35. The molecule has 2 aromatic rings.